The number of aldehydes is 1. The van der Waals surface area contributed by atoms with Crippen LogP contribution in [0.3, 0.4) is 0 Å². The monoisotopic (exact) mass is 716 g/mol. The van der Waals surface area contributed by atoms with E-state index in [-0.39, 0.29) is 17.4 Å². The molecule has 0 radical (unpaired) electrons. The molecule has 0 N–H and O–H groups in total. The van der Waals surface area contributed by atoms with Gasteiger partial charge in [-0.15, -0.1) is 26.3 Å². The van der Waals surface area contributed by atoms with E-state index < -0.39 is 12.7 Å². The van der Waals surface area contributed by atoms with Crippen LogP contribution >= 0.6 is 15.9 Å². The van der Waals surface area contributed by atoms with Crippen LogP contribution in [-0.4, -0.2) is 29.0 Å². The second-order valence-corrected chi connectivity index (χ2v) is 10.4. The van der Waals surface area contributed by atoms with Crippen molar-refractivity contribution in [1.82, 2.24) is 9.97 Å². The fourth-order valence-corrected chi connectivity index (χ4v) is 4.43. The summed E-state index contributed by atoms with van der Waals surface area (Å²) in [5, 5.41) is 1.72. The minimum absolute atomic E-state index is 0.283. The number of rotatable bonds is 7. The van der Waals surface area contributed by atoms with E-state index in [0.29, 0.717) is 28.5 Å². The highest BCUT2D eigenvalue weighted by molar-refractivity contribution is 9.10. The van der Waals surface area contributed by atoms with Crippen LogP contribution in [0.4, 0.5) is 26.3 Å². The van der Waals surface area contributed by atoms with Crippen LogP contribution in [0.25, 0.3) is 21.8 Å². The average Bonchev–Trinajstić information content (AvgIpc) is 3.02. The number of benzene rings is 4. The molecular formula is C33H19BrF6N2O5. The first-order valence-corrected chi connectivity index (χ1v) is 14.1. The van der Waals surface area contributed by atoms with E-state index in [2.05, 4.69) is 35.4 Å². The number of nitrogens with zero attached hydrogens (tertiary/aromatic N) is 2. The Bertz CT molecular complexity index is 2000. The number of aromatic nitrogens is 2. The van der Waals surface area contributed by atoms with Gasteiger partial charge in [-0.3, -0.25) is 4.79 Å². The van der Waals surface area contributed by atoms with Gasteiger partial charge in [0.1, 0.15) is 29.3 Å². The SMILES string of the molecule is FC(F)(F)Oc1ccc(Oc2ccc3cc(Br)ccc3n2)cc1.O=Cc1ccc2nc(Oc3ccc(OC(F)(F)F)cc3)ccc2c1. The van der Waals surface area contributed by atoms with Crippen molar-refractivity contribution in [3.05, 3.63) is 119 Å². The lowest BCUT2D eigenvalue weighted by molar-refractivity contribution is -0.275. The Morgan fingerprint density at radius 3 is 1.40 bits per heavy atom. The van der Waals surface area contributed by atoms with Crippen molar-refractivity contribution in [2.45, 2.75) is 12.7 Å². The Kier molecular flexibility index (Phi) is 9.80. The van der Waals surface area contributed by atoms with Gasteiger partial charge in [0.25, 0.3) is 0 Å². The summed E-state index contributed by atoms with van der Waals surface area (Å²) in [7, 11) is 0. The number of fused-ring (bicyclic) bond motifs is 2. The van der Waals surface area contributed by atoms with Crippen molar-refractivity contribution < 1.29 is 50.1 Å². The van der Waals surface area contributed by atoms with E-state index in [9.17, 15) is 31.1 Å². The molecule has 0 spiro atoms. The predicted molar refractivity (Wildman–Crippen MR) is 163 cm³/mol. The zero-order chi connectivity index (χ0) is 33.6. The largest absolute Gasteiger partial charge is 0.573 e. The van der Waals surface area contributed by atoms with Crippen LogP contribution < -0.4 is 18.9 Å². The molecule has 47 heavy (non-hydrogen) atoms. The molecule has 6 rings (SSSR count). The minimum atomic E-state index is -4.73. The molecule has 4 aromatic carbocycles. The third-order valence-electron chi connectivity index (χ3n) is 6.01. The lowest BCUT2D eigenvalue weighted by atomic mass is 10.1. The van der Waals surface area contributed by atoms with Crippen molar-refractivity contribution in [2.75, 3.05) is 0 Å². The molecule has 0 amide bonds. The summed E-state index contributed by atoms with van der Waals surface area (Å²) in [5.74, 6) is 0.684. The average molecular weight is 717 g/mol. The summed E-state index contributed by atoms with van der Waals surface area (Å²) in [4.78, 5) is 19.4. The van der Waals surface area contributed by atoms with Gasteiger partial charge in [0.2, 0.25) is 11.8 Å². The Balaban J connectivity index is 0.000000185. The van der Waals surface area contributed by atoms with Crippen molar-refractivity contribution >= 4 is 44.0 Å². The highest BCUT2D eigenvalue weighted by atomic mass is 79.9. The van der Waals surface area contributed by atoms with Crippen LogP contribution in [0.5, 0.6) is 34.8 Å². The standard InChI is InChI=1S/C17H10F3NO3.C16H9BrF3NO2/c18-17(19,20)24-14-5-3-13(4-6-14)23-16-8-2-12-9-11(10-22)1-7-15(12)21-16;17-11-2-7-14-10(9-11)1-8-15(21-14)22-12-3-5-13(6-4-12)23-16(18,19)20/h1-10H;1-9H. The number of carbonyl (C=O) groups excluding carboxylic acids is 1. The van der Waals surface area contributed by atoms with E-state index in [1.54, 1.807) is 36.4 Å². The first-order valence-electron chi connectivity index (χ1n) is 13.3. The maximum atomic E-state index is 12.1. The number of alkyl halides is 6. The van der Waals surface area contributed by atoms with Crippen LogP contribution in [0.1, 0.15) is 10.4 Å². The smallest absolute Gasteiger partial charge is 0.439 e. The summed E-state index contributed by atoms with van der Waals surface area (Å²) < 4.78 is 92.2. The fraction of sp³-hybridized carbons (Fsp3) is 0.0606. The van der Waals surface area contributed by atoms with Crippen molar-refractivity contribution in [3.8, 4) is 34.8 Å². The lowest BCUT2D eigenvalue weighted by Crippen LogP contribution is -2.16. The predicted octanol–water partition coefficient (Wildman–Crippen LogP) is 10.4. The Morgan fingerprint density at radius 1 is 0.532 bits per heavy atom. The van der Waals surface area contributed by atoms with Crippen molar-refractivity contribution in [2.24, 2.45) is 0 Å². The van der Waals surface area contributed by atoms with E-state index in [1.165, 1.54) is 36.4 Å². The molecule has 0 aliphatic rings. The second kappa shape index (κ2) is 14.0. The van der Waals surface area contributed by atoms with Crippen LogP contribution in [0, 0.1) is 0 Å². The molecule has 0 fully saturated rings. The Morgan fingerprint density at radius 2 is 0.957 bits per heavy atom. The van der Waals surface area contributed by atoms with Gasteiger partial charge in [0, 0.05) is 32.9 Å². The molecule has 0 saturated heterocycles. The van der Waals surface area contributed by atoms with Crippen molar-refractivity contribution in [1.29, 1.82) is 0 Å². The maximum Gasteiger partial charge on any atom is 0.573 e. The lowest BCUT2D eigenvalue weighted by Gasteiger charge is -2.10. The van der Waals surface area contributed by atoms with Gasteiger partial charge in [-0.05, 0) is 97.1 Å². The van der Waals surface area contributed by atoms with E-state index in [4.69, 9.17) is 9.47 Å². The molecular weight excluding hydrogens is 698 g/mol. The minimum Gasteiger partial charge on any atom is -0.439 e. The number of pyridine rings is 2. The first-order chi connectivity index (χ1) is 22.3. The number of hydrogen-bond acceptors (Lipinski definition) is 7. The summed E-state index contributed by atoms with van der Waals surface area (Å²) in [5.41, 5.74) is 1.93. The van der Waals surface area contributed by atoms with Gasteiger partial charge in [0.15, 0.2) is 0 Å². The quantitative estimate of drug-likeness (QED) is 0.120. The molecule has 14 heteroatoms. The van der Waals surface area contributed by atoms with Gasteiger partial charge in [-0.25, -0.2) is 9.97 Å². The zero-order valence-electron chi connectivity index (χ0n) is 23.6. The topological polar surface area (TPSA) is 79.8 Å². The Hall–Kier alpha value is -5.37. The van der Waals surface area contributed by atoms with Gasteiger partial charge < -0.3 is 18.9 Å². The molecule has 7 nitrogen and oxygen atoms in total. The van der Waals surface area contributed by atoms with Crippen molar-refractivity contribution in [3.63, 3.8) is 0 Å². The number of carbonyl (C=O) groups is 1. The molecule has 0 aliphatic heterocycles. The maximum absolute atomic E-state index is 12.1. The highest BCUT2D eigenvalue weighted by Crippen LogP contribution is 2.29. The summed E-state index contributed by atoms with van der Waals surface area (Å²) >= 11 is 3.38. The van der Waals surface area contributed by atoms with Gasteiger partial charge in [-0.2, -0.15) is 0 Å². The molecule has 240 valence electrons. The second-order valence-electron chi connectivity index (χ2n) is 9.45. The van der Waals surface area contributed by atoms with Gasteiger partial charge in [-0.1, -0.05) is 15.9 Å². The molecule has 0 aliphatic carbocycles. The Labute approximate surface area is 270 Å². The molecule has 6 aromatic rings. The molecule has 0 bridgehead atoms. The van der Waals surface area contributed by atoms with Crippen LogP contribution in [-0.2, 0) is 0 Å². The van der Waals surface area contributed by atoms with Gasteiger partial charge in [0.05, 0.1) is 11.0 Å². The summed E-state index contributed by atoms with van der Waals surface area (Å²) in [6.45, 7) is 0. The summed E-state index contributed by atoms with van der Waals surface area (Å²) in [6.07, 6.45) is -8.70. The molecule has 2 aromatic heterocycles. The first kappa shape index (κ1) is 33.0. The van der Waals surface area contributed by atoms with E-state index >= 15 is 0 Å². The van der Waals surface area contributed by atoms with Gasteiger partial charge >= 0.3 is 12.7 Å². The highest BCUT2D eigenvalue weighted by Gasteiger charge is 2.31. The summed E-state index contributed by atoms with van der Waals surface area (Å²) in [6, 6.07) is 27.7. The molecule has 0 atom stereocenters. The number of ether oxygens (including phenoxy) is 4. The number of halogens is 7. The number of hydrogen-bond donors (Lipinski definition) is 0. The van der Waals surface area contributed by atoms with Crippen LogP contribution in [0.15, 0.2) is 114 Å². The normalized spacial score (nSPS) is 11.4. The fourth-order valence-electron chi connectivity index (χ4n) is 4.05. The molecule has 0 saturated carbocycles. The van der Waals surface area contributed by atoms with Crippen LogP contribution in [0.2, 0.25) is 0 Å². The third kappa shape index (κ3) is 9.81. The van der Waals surface area contributed by atoms with E-state index in [0.717, 1.165) is 39.2 Å². The third-order valence-corrected chi connectivity index (χ3v) is 6.50. The molecule has 0 unspecified atom stereocenters. The molecule has 2 heterocycles. The van der Waals surface area contributed by atoms with E-state index in [1.807, 2.05) is 24.3 Å². The zero-order valence-corrected chi connectivity index (χ0v) is 25.1.